The van der Waals surface area contributed by atoms with E-state index >= 15 is 0 Å². The molecule has 2 aliphatic rings. The number of methoxy groups -OCH3 is 1. The van der Waals surface area contributed by atoms with Gasteiger partial charge in [-0.3, -0.25) is 0 Å². The number of hydrogen-bond donors (Lipinski definition) is 2. The van der Waals surface area contributed by atoms with Gasteiger partial charge in [0, 0.05) is 7.11 Å². The summed E-state index contributed by atoms with van der Waals surface area (Å²) in [5.41, 5.74) is 0. The third kappa shape index (κ3) is 1.97. The first-order valence-corrected chi connectivity index (χ1v) is 5.31. The molecular formula is C10H18O6. The number of aliphatic hydroxyl groups excluding tert-OH is 2. The highest BCUT2D eigenvalue weighted by Crippen LogP contribution is 2.39. The first-order valence-electron chi connectivity index (χ1n) is 5.31. The largest absolute Gasteiger partial charge is 0.394 e. The quantitative estimate of drug-likeness (QED) is 0.668. The highest BCUT2D eigenvalue weighted by Gasteiger charge is 2.57. The summed E-state index contributed by atoms with van der Waals surface area (Å²) in [4.78, 5) is 0. The van der Waals surface area contributed by atoms with Crippen molar-refractivity contribution in [2.24, 2.45) is 0 Å². The lowest BCUT2D eigenvalue weighted by atomic mass is 10.1. The monoisotopic (exact) mass is 234 g/mol. The predicted molar refractivity (Wildman–Crippen MR) is 52.6 cm³/mol. The lowest BCUT2D eigenvalue weighted by molar-refractivity contribution is -0.238. The molecule has 6 nitrogen and oxygen atoms in total. The molecule has 16 heavy (non-hydrogen) atoms. The first kappa shape index (κ1) is 12.2. The molecule has 0 bridgehead atoms. The molecule has 2 aliphatic heterocycles. The molecule has 6 heteroatoms. The second-order valence-electron chi connectivity index (χ2n) is 4.52. The van der Waals surface area contributed by atoms with Crippen molar-refractivity contribution >= 4 is 0 Å². The zero-order chi connectivity index (χ0) is 11.9. The van der Waals surface area contributed by atoms with Gasteiger partial charge < -0.3 is 29.2 Å². The van der Waals surface area contributed by atoms with Gasteiger partial charge in [0.15, 0.2) is 12.1 Å². The zero-order valence-electron chi connectivity index (χ0n) is 9.62. The van der Waals surface area contributed by atoms with Gasteiger partial charge in [-0.15, -0.1) is 0 Å². The first-order chi connectivity index (χ1) is 7.48. The van der Waals surface area contributed by atoms with Gasteiger partial charge >= 0.3 is 0 Å². The van der Waals surface area contributed by atoms with Gasteiger partial charge in [0.25, 0.3) is 0 Å². The van der Waals surface area contributed by atoms with Crippen LogP contribution in [0.1, 0.15) is 13.8 Å². The Morgan fingerprint density at radius 3 is 2.50 bits per heavy atom. The fourth-order valence-electron chi connectivity index (χ4n) is 2.19. The van der Waals surface area contributed by atoms with E-state index in [-0.39, 0.29) is 12.7 Å². The Balaban J connectivity index is 2.14. The van der Waals surface area contributed by atoms with Crippen LogP contribution in [0.5, 0.6) is 0 Å². The van der Waals surface area contributed by atoms with Crippen molar-refractivity contribution in [2.75, 3.05) is 13.7 Å². The summed E-state index contributed by atoms with van der Waals surface area (Å²) in [6, 6.07) is 0. The average Bonchev–Trinajstić information content (AvgIpc) is 2.69. The van der Waals surface area contributed by atoms with Gasteiger partial charge in [0.1, 0.15) is 24.4 Å². The molecule has 2 rings (SSSR count). The molecular weight excluding hydrogens is 216 g/mol. The van der Waals surface area contributed by atoms with Crippen LogP contribution in [0.25, 0.3) is 0 Å². The highest BCUT2D eigenvalue weighted by atomic mass is 16.8. The Bertz CT molecular complexity index is 256. The summed E-state index contributed by atoms with van der Waals surface area (Å²) >= 11 is 0. The molecule has 2 heterocycles. The van der Waals surface area contributed by atoms with Crippen molar-refractivity contribution in [3.05, 3.63) is 0 Å². The summed E-state index contributed by atoms with van der Waals surface area (Å²) < 4.78 is 21.8. The summed E-state index contributed by atoms with van der Waals surface area (Å²) in [6.45, 7) is 3.20. The van der Waals surface area contributed by atoms with Crippen molar-refractivity contribution in [3.8, 4) is 0 Å². The predicted octanol–water partition coefficient (Wildman–Crippen LogP) is -0.769. The Morgan fingerprint density at radius 1 is 1.31 bits per heavy atom. The van der Waals surface area contributed by atoms with Crippen LogP contribution in [0.3, 0.4) is 0 Å². The van der Waals surface area contributed by atoms with E-state index in [2.05, 4.69) is 0 Å². The average molecular weight is 234 g/mol. The van der Waals surface area contributed by atoms with Gasteiger partial charge in [-0.05, 0) is 13.8 Å². The van der Waals surface area contributed by atoms with E-state index < -0.39 is 30.4 Å². The van der Waals surface area contributed by atoms with Crippen molar-refractivity contribution in [2.45, 2.75) is 50.3 Å². The van der Waals surface area contributed by atoms with E-state index in [0.29, 0.717) is 0 Å². The summed E-state index contributed by atoms with van der Waals surface area (Å²) in [6.07, 6.45) is -2.97. The smallest absolute Gasteiger partial charge is 0.186 e. The van der Waals surface area contributed by atoms with Crippen molar-refractivity contribution in [1.29, 1.82) is 0 Å². The molecule has 0 amide bonds. The lowest BCUT2D eigenvalue weighted by Crippen LogP contribution is -2.40. The van der Waals surface area contributed by atoms with Crippen LogP contribution < -0.4 is 0 Å². The number of rotatable bonds is 3. The van der Waals surface area contributed by atoms with Crippen LogP contribution in [-0.4, -0.2) is 60.4 Å². The molecule has 0 aromatic rings. The number of aliphatic hydroxyl groups is 2. The maximum absolute atomic E-state index is 9.62. The molecule has 0 aromatic carbocycles. The van der Waals surface area contributed by atoms with Gasteiger partial charge in [0.05, 0.1) is 6.61 Å². The standard InChI is InChI=1S/C10H18O6/c1-10(2)15-7-6(5(12)4-11)14-9(13-3)8(7)16-10/h5-9,11-12H,4H2,1-3H3/t5-,6-,7+,8+,9+/m1/s1. The van der Waals surface area contributed by atoms with Gasteiger partial charge in [0.2, 0.25) is 0 Å². The molecule has 2 saturated heterocycles. The maximum Gasteiger partial charge on any atom is 0.186 e. The second-order valence-corrected chi connectivity index (χ2v) is 4.52. The van der Waals surface area contributed by atoms with Crippen LogP contribution in [0.4, 0.5) is 0 Å². The third-order valence-corrected chi connectivity index (χ3v) is 2.85. The second kappa shape index (κ2) is 4.21. The van der Waals surface area contributed by atoms with Crippen LogP contribution in [0.15, 0.2) is 0 Å². The van der Waals surface area contributed by atoms with E-state index in [4.69, 9.17) is 24.1 Å². The number of ether oxygens (including phenoxy) is 4. The van der Waals surface area contributed by atoms with Crippen LogP contribution in [-0.2, 0) is 18.9 Å². The fraction of sp³-hybridized carbons (Fsp3) is 1.00. The minimum atomic E-state index is -0.995. The van der Waals surface area contributed by atoms with Crippen molar-refractivity contribution < 1.29 is 29.2 Å². The van der Waals surface area contributed by atoms with Crippen LogP contribution in [0.2, 0.25) is 0 Å². The lowest BCUT2D eigenvalue weighted by Gasteiger charge is -2.25. The minimum Gasteiger partial charge on any atom is -0.394 e. The van der Waals surface area contributed by atoms with E-state index in [1.54, 1.807) is 13.8 Å². The molecule has 0 spiro atoms. The Hall–Kier alpha value is -0.240. The Morgan fingerprint density at radius 2 is 1.94 bits per heavy atom. The van der Waals surface area contributed by atoms with Gasteiger partial charge in [-0.25, -0.2) is 0 Å². The molecule has 0 unspecified atom stereocenters. The molecule has 0 aromatic heterocycles. The minimum absolute atomic E-state index is 0.369. The molecule has 2 fully saturated rings. The van der Waals surface area contributed by atoms with Crippen LogP contribution in [0, 0.1) is 0 Å². The normalized spacial score (nSPS) is 43.3. The number of hydrogen-bond acceptors (Lipinski definition) is 6. The van der Waals surface area contributed by atoms with Gasteiger partial charge in [-0.2, -0.15) is 0 Å². The SMILES string of the molecule is CO[C@H]1O[C@H]([C@H](O)CO)[C@@H]2OC(C)(C)O[C@H]12. The van der Waals surface area contributed by atoms with E-state index in [1.807, 2.05) is 0 Å². The third-order valence-electron chi connectivity index (χ3n) is 2.85. The Labute approximate surface area is 94.1 Å². The molecule has 0 aliphatic carbocycles. The van der Waals surface area contributed by atoms with Crippen LogP contribution >= 0.6 is 0 Å². The molecule has 5 atom stereocenters. The fourth-order valence-corrected chi connectivity index (χ4v) is 2.19. The van der Waals surface area contributed by atoms with E-state index in [9.17, 15) is 5.11 Å². The van der Waals surface area contributed by atoms with Crippen molar-refractivity contribution in [3.63, 3.8) is 0 Å². The highest BCUT2D eigenvalue weighted by molar-refractivity contribution is 4.97. The van der Waals surface area contributed by atoms with E-state index in [0.717, 1.165) is 0 Å². The van der Waals surface area contributed by atoms with Crippen molar-refractivity contribution in [1.82, 2.24) is 0 Å². The molecule has 0 saturated carbocycles. The summed E-state index contributed by atoms with van der Waals surface area (Å²) in [5.74, 6) is -0.719. The number of fused-ring (bicyclic) bond motifs is 1. The van der Waals surface area contributed by atoms with Gasteiger partial charge in [-0.1, -0.05) is 0 Å². The Kier molecular flexibility index (Phi) is 3.22. The molecule has 94 valence electrons. The molecule has 0 radical (unpaired) electrons. The summed E-state index contributed by atoms with van der Waals surface area (Å²) in [7, 11) is 1.50. The summed E-state index contributed by atoms with van der Waals surface area (Å²) in [5, 5.41) is 18.6. The zero-order valence-corrected chi connectivity index (χ0v) is 9.62. The van der Waals surface area contributed by atoms with E-state index in [1.165, 1.54) is 7.11 Å². The maximum atomic E-state index is 9.62. The molecule has 2 N–H and O–H groups in total. The topological polar surface area (TPSA) is 77.4 Å².